The van der Waals surface area contributed by atoms with Gasteiger partial charge in [0.05, 0.1) is 18.3 Å². The van der Waals surface area contributed by atoms with Crippen LogP contribution in [0.5, 0.6) is 5.88 Å². The number of ether oxygens (including phenoxy) is 1. The van der Waals surface area contributed by atoms with Crippen molar-refractivity contribution in [3.8, 4) is 5.88 Å². The summed E-state index contributed by atoms with van der Waals surface area (Å²) in [5, 5.41) is 0. The topological polar surface area (TPSA) is 39.4 Å². The molecule has 0 aromatic carbocycles. The summed E-state index contributed by atoms with van der Waals surface area (Å²) in [6.07, 6.45) is 1.98. The molecule has 3 aromatic rings. The molecule has 0 unspecified atom stereocenters. The first-order chi connectivity index (χ1) is 7.79. The number of rotatable bonds is 1. The number of aromatic nitrogens is 3. The molecule has 0 bridgehead atoms. The fourth-order valence-electron chi connectivity index (χ4n) is 1.90. The lowest BCUT2D eigenvalue weighted by Gasteiger charge is -2.05. The fraction of sp³-hybridized carbons (Fsp3) is 0.167. The Hall–Kier alpha value is -2.10. The average Bonchev–Trinajstić information content (AvgIpc) is 2.78. The molecule has 0 aliphatic rings. The van der Waals surface area contributed by atoms with Gasteiger partial charge in [0, 0.05) is 12.3 Å². The summed E-state index contributed by atoms with van der Waals surface area (Å²) in [7, 11) is 1.61. The van der Waals surface area contributed by atoms with Gasteiger partial charge in [0.15, 0.2) is 5.65 Å². The van der Waals surface area contributed by atoms with E-state index in [-0.39, 0.29) is 0 Å². The first-order valence-corrected chi connectivity index (χ1v) is 5.08. The van der Waals surface area contributed by atoms with E-state index in [0.717, 1.165) is 22.4 Å². The number of hydrogen-bond donors (Lipinski definition) is 0. The van der Waals surface area contributed by atoms with Crippen molar-refractivity contribution in [2.24, 2.45) is 0 Å². The number of aryl methyl sites for hydroxylation is 1. The van der Waals surface area contributed by atoms with E-state index in [2.05, 4.69) is 9.97 Å². The van der Waals surface area contributed by atoms with Crippen molar-refractivity contribution in [1.29, 1.82) is 0 Å². The number of pyridine rings is 1. The van der Waals surface area contributed by atoms with Crippen LogP contribution in [0, 0.1) is 6.92 Å². The van der Waals surface area contributed by atoms with Crippen LogP contribution in [-0.2, 0) is 0 Å². The third-order valence-corrected chi connectivity index (χ3v) is 2.67. The molecule has 3 aromatic heterocycles. The van der Waals surface area contributed by atoms with Crippen molar-refractivity contribution in [2.45, 2.75) is 6.92 Å². The molecule has 0 aliphatic carbocycles. The van der Waals surface area contributed by atoms with Gasteiger partial charge in [-0.1, -0.05) is 0 Å². The van der Waals surface area contributed by atoms with E-state index >= 15 is 0 Å². The zero-order valence-electron chi connectivity index (χ0n) is 9.14. The maximum Gasteiger partial charge on any atom is 0.215 e. The molecule has 4 heteroatoms. The number of fused-ring (bicyclic) bond motifs is 3. The fourth-order valence-corrected chi connectivity index (χ4v) is 1.90. The minimum Gasteiger partial charge on any atom is -0.481 e. The third-order valence-electron chi connectivity index (χ3n) is 2.67. The zero-order chi connectivity index (χ0) is 11.1. The second-order valence-corrected chi connectivity index (χ2v) is 3.66. The quantitative estimate of drug-likeness (QED) is 0.622. The Morgan fingerprint density at radius 3 is 2.88 bits per heavy atom. The summed E-state index contributed by atoms with van der Waals surface area (Å²) in [5.74, 6) is 0.605. The van der Waals surface area contributed by atoms with Crippen LogP contribution >= 0.6 is 0 Å². The number of hydrogen-bond acceptors (Lipinski definition) is 3. The molecule has 0 aliphatic heterocycles. The summed E-state index contributed by atoms with van der Waals surface area (Å²) in [4.78, 5) is 8.93. The molecule has 0 N–H and O–H groups in total. The van der Waals surface area contributed by atoms with Crippen LogP contribution in [0.2, 0.25) is 0 Å². The Labute approximate surface area is 92.5 Å². The molecule has 3 rings (SSSR count). The first-order valence-electron chi connectivity index (χ1n) is 5.08. The minimum absolute atomic E-state index is 0.605. The Balaban J connectivity index is 2.50. The summed E-state index contributed by atoms with van der Waals surface area (Å²) in [5.41, 5.74) is 3.78. The Morgan fingerprint density at radius 2 is 2.06 bits per heavy atom. The van der Waals surface area contributed by atoms with Gasteiger partial charge in [-0.3, -0.25) is 4.40 Å². The summed E-state index contributed by atoms with van der Waals surface area (Å²) < 4.78 is 7.15. The molecule has 0 spiro atoms. The van der Waals surface area contributed by atoms with Crippen LogP contribution in [0.1, 0.15) is 5.69 Å². The van der Waals surface area contributed by atoms with E-state index in [9.17, 15) is 0 Å². The molecule has 0 saturated carbocycles. The van der Waals surface area contributed by atoms with E-state index in [4.69, 9.17) is 4.74 Å². The van der Waals surface area contributed by atoms with Crippen LogP contribution in [-0.4, -0.2) is 21.5 Å². The van der Waals surface area contributed by atoms with Gasteiger partial charge in [0.1, 0.15) is 5.52 Å². The van der Waals surface area contributed by atoms with Gasteiger partial charge < -0.3 is 4.74 Å². The average molecular weight is 213 g/mol. The van der Waals surface area contributed by atoms with Crippen molar-refractivity contribution in [3.05, 3.63) is 36.2 Å². The van der Waals surface area contributed by atoms with Crippen LogP contribution < -0.4 is 4.74 Å². The van der Waals surface area contributed by atoms with Crippen LogP contribution in [0.15, 0.2) is 30.5 Å². The van der Waals surface area contributed by atoms with Gasteiger partial charge in [0.2, 0.25) is 5.88 Å². The molecule has 0 fully saturated rings. The van der Waals surface area contributed by atoms with E-state index < -0.39 is 0 Å². The van der Waals surface area contributed by atoms with E-state index in [1.807, 2.05) is 41.8 Å². The summed E-state index contributed by atoms with van der Waals surface area (Å²) >= 11 is 0. The van der Waals surface area contributed by atoms with Gasteiger partial charge in [0.25, 0.3) is 0 Å². The largest absolute Gasteiger partial charge is 0.481 e. The third kappa shape index (κ3) is 1.16. The lowest BCUT2D eigenvalue weighted by molar-refractivity contribution is 0.399. The zero-order valence-corrected chi connectivity index (χ0v) is 9.14. The van der Waals surface area contributed by atoms with Gasteiger partial charge >= 0.3 is 0 Å². The van der Waals surface area contributed by atoms with Gasteiger partial charge in [-0.05, 0) is 25.1 Å². The predicted octanol–water partition coefficient (Wildman–Crippen LogP) is 2.20. The first kappa shape index (κ1) is 9.15. The molecule has 0 amide bonds. The predicted molar refractivity (Wildman–Crippen MR) is 61.8 cm³/mol. The highest BCUT2D eigenvalue weighted by molar-refractivity contribution is 5.76. The van der Waals surface area contributed by atoms with Crippen molar-refractivity contribution in [3.63, 3.8) is 0 Å². The maximum absolute atomic E-state index is 5.13. The molecular formula is C12H11N3O. The van der Waals surface area contributed by atoms with Gasteiger partial charge in [-0.2, -0.15) is 4.98 Å². The molecule has 0 radical (unpaired) electrons. The Morgan fingerprint density at radius 1 is 1.19 bits per heavy atom. The summed E-state index contributed by atoms with van der Waals surface area (Å²) in [6.45, 7) is 2.00. The van der Waals surface area contributed by atoms with Crippen molar-refractivity contribution in [2.75, 3.05) is 7.11 Å². The molecule has 16 heavy (non-hydrogen) atoms. The molecule has 4 nitrogen and oxygen atoms in total. The van der Waals surface area contributed by atoms with Crippen molar-refractivity contribution < 1.29 is 4.74 Å². The molecule has 0 atom stereocenters. The smallest absolute Gasteiger partial charge is 0.215 e. The normalized spacial score (nSPS) is 11.1. The molecule has 80 valence electrons. The van der Waals surface area contributed by atoms with E-state index in [1.54, 1.807) is 7.11 Å². The second-order valence-electron chi connectivity index (χ2n) is 3.66. The highest BCUT2D eigenvalue weighted by Crippen LogP contribution is 2.19. The minimum atomic E-state index is 0.605. The van der Waals surface area contributed by atoms with Crippen LogP contribution in [0.4, 0.5) is 0 Å². The van der Waals surface area contributed by atoms with Crippen LogP contribution in [0.25, 0.3) is 16.7 Å². The lowest BCUT2D eigenvalue weighted by atomic mass is 10.3. The maximum atomic E-state index is 5.13. The number of nitrogens with zero attached hydrogens (tertiary/aromatic N) is 3. The molecular weight excluding hydrogens is 202 g/mol. The van der Waals surface area contributed by atoms with E-state index in [0.29, 0.717) is 5.88 Å². The number of methoxy groups -OCH3 is 1. The highest BCUT2D eigenvalue weighted by atomic mass is 16.5. The Kier molecular flexibility index (Phi) is 1.83. The molecule has 0 saturated heterocycles. The van der Waals surface area contributed by atoms with E-state index in [1.165, 1.54) is 0 Å². The van der Waals surface area contributed by atoms with Gasteiger partial charge in [-0.15, -0.1) is 0 Å². The monoisotopic (exact) mass is 213 g/mol. The Bertz CT molecular complexity index is 672. The second kappa shape index (κ2) is 3.20. The SMILES string of the molecule is COc1ccc2nc(C)c3cccn3c2n1. The van der Waals surface area contributed by atoms with Crippen molar-refractivity contribution in [1.82, 2.24) is 14.4 Å². The lowest BCUT2D eigenvalue weighted by Crippen LogP contribution is -1.97. The van der Waals surface area contributed by atoms with Crippen molar-refractivity contribution >= 4 is 16.7 Å². The van der Waals surface area contributed by atoms with Crippen LogP contribution in [0.3, 0.4) is 0 Å². The highest BCUT2D eigenvalue weighted by Gasteiger charge is 2.06. The van der Waals surface area contributed by atoms with Gasteiger partial charge in [-0.25, -0.2) is 4.98 Å². The summed E-state index contributed by atoms with van der Waals surface area (Å²) in [6, 6.07) is 7.77. The molecule has 3 heterocycles. The standard InChI is InChI=1S/C12H11N3O/c1-8-10-4-3-7-15(10)12-9(13-8)5-6-11(14-12)16-2/h3-7H,1-2H3.